The van der Waals surface area contributed by atoms with Gasteiger partial charge in [-0.05, 0) is 37.6 Å². The Labute approximate surface area is 140 Å². The fraction of sp³-hybridized carbons (Fsp3) is 0.562. The molecule has 3 rings (SSSR count). The summed E-state index contributed by atoms with van der Waals surface area (Å²) in [5, 5.41) is 11.3. The highest BCUT2D eigenvalue weighted by molar-refractivity contribution is 6.42. The van der Waals surface area contributed by atoms with Gasteiger partial charge in [0.15, 0.2) is 0 Å². The number of benzene rings is 1. The highest BCUT2D eigenvalue weighted by Crippen LogP contribution is 2.47. The summed E-state index contributed by atoms with van der Waals surface area (Å²) in [5.74, 6) is -0.709. The molecule has 22 heavy (non-hydrogen) atoms. The maximum atomic E-state index is 12.4. The minimum Gasteiger partial charge on any atom is -0.469 e. The van der Waals surface area contributed by atoms with E-state index in [4.69, 9.17) is 27.9 Å². The van der Waals surface area contributed by atoms with Gasteiger partial charge in [-0.1, -0.05) is 29.3 Å². The molecule has 4 unspecified atom stereocenters. The molecular weight excluding hydrogens is 325 g/mol. The fourth-order valence-corrected chi connectivity index (χ4v) is 4.36. The first-order valence-corrected chi connectivity index (χ1v) is 8.12. The Hall–Kier alpha value is -0.810. The Balaban J connectivity index is 2.01. The number of esters is 1. The molecule has 2 fully saturated rings. The van der Waals surface area contributed by atoms with E-state index in [-0.39, 0.29) is 24.0 Å². The Morgan fingerprint density at radius 1 is 1.32 bits per heavy atom. The molecule has 2 aliphatic rings. The van der Waals surface area contributed by atoms with E-state index in [1.165, 1.54) is 7.11 Å². The lowest BCUT2D eigenvalue weighted by molar-refractivity contribution is -0.151. The van der Waals surface area contributed by atoms with Gasteiger partial charge in [0.25, 0.3) is 0 Å². The number of piperidine rings is 1. The molecule has 0 saturated carbocycles. The van der Waals surface area contributed by atoms with E-state index in [2.05, 4.69) is 4.90 Å². The van der Waals surface area contributed by atoms with Gasteiger partial charge in [-0.25, -0.2) is 0 Å². The molecule has 1 aromatic carbocycles. The summed E-state index contributed by atoms with van der Waals surface area (Å²) in [4.78, 5) is 14.5. The molecule has 0 spiro atoms. The number of rotatable bonds is 2. The van der Waals surface area contributed by atoms with E-state index in [9.17, 15) is 9.90 Å². The van der Waals surface area contributed by atoms with Crippen LogP contribution < -0.4 is 0 Å². The second-order valence-electron chi connectivity index (χ2n) is 6.18. The van der Waals surface area contributed by atoms with Crippen LogP contribution >= 0.6 is 23.2 Å². The van der Waals surface area contributed by atoms with Crippen LogP contribution in [-0.4, -0.2) is 48.3 Å². The number of halogens is 2. The van der Waals surface area contributed by atoms with E-state index in [0.717, 1.165) is 12.0 Å². The molecule has 0 aromatic heterocycles. The van der Waals surface area contributed by atoms with Crippen LogP contribution in [0.15, 0.2) is 18.2 Å². The van der Waals surface area contributed by atoms with Crippen molar-refractivity contribution in [1.82, 2.24) is 4.90 Å². The predicted octanol–water partition coefficient (Wildman–Crippen LogP) is 2.70. The third kappa shape index (κ3) is 2.52. The van der Waals surface area contributed by atoms with Crippen LogP contribution in [0.3, 0.4) is 0 Å². The van der Waals surface area contributed by atoms with Crippen LogP contribution in [0.25, 0.3) is 0 Å². The van der Waals surface area contributed by atoms with E-state index in [1.807, 2.05) is 19.2 Å². The van der Waals surface area contributed by atoms with Gasteiger partial charge in [0.1, 0.15) is 0 Å². The largest absolute Gasteiger partial charge is 0.469 e. The van der Waals surface area contributed by atoms with E-state index < -0.39 is 12.0 Å². The first kappa shape index (κ1) is 16.1. The van der Waals surface area contributed by atoms with Crippen molar-refractivity contribution in [2.45, 2.75) is 36.9 Å². The fourth-order valence-electron chi connectivity index (χ4n) is 4.06. The number of likely N-dealkylation sites (N-methyl/N-ethyl adjacent to an activating group) is 1. The second kappa shape index (κ2) is 6.00. The van der Waals surface area contributed by atoms with Crippen molar-refractivity contribution < 1.29 is 14.6 Å². The van der Waals surface area contributed by atoms with Gasteiger partial charge < -0.3 is 9.84 Å². The lowest BCUT2D eigenvalue weighted by Gasteiger charge is -2.42. The number of ether oxygens (including phenoxy) is 1. The van der Waals surface area contributed by atoms with Crippen molar-refractivity contribution in [2.24, 2.45) is 5.92 Å². The number of hydrogen-bond donors (Lipinski definition) is 1. The molecular formula is C16H19Cl2NO3. The molecule has 4 nitrogen and oxygen atoms in total. The molecule has 120 valence electrons. The molecule has 6 heteroatoms. The van der Waals surface area contributed by atoms with Gasteiger partial charge in [-0.15, -0.1) is 0 Å². The zero-order valence-electron chi connectivity index (χ0n) is 12.5. The zero-order chi connectivity index (χ0) is 16.0. The number of carbonyl (C=O) groups excluding carboxylic acids is 1. The number of methoxy groups -OCH3 is 1. The summed E-state index contributed by atoms with van der Waals surface area (Å²) >= 11 is 12.1. The summed E-state index contributed by atoms with van der Waals surface area (Å²) in [6, 6.07) is 5.53. The van der Waals surface area contributed by atoms with Crippen LogP contribution in [0.2, 0.25) is 10.0 Å². The molecule has 2 heterocycles. The first-order valence-electron chi connectivity index (χ1n) is 7.36. The average molecular weight is 344 g/mol. The van der Waals surface area contributed by atoms with Crippen molar-refractivity contribution in [2.75, 3.05) is 14.2 Å². The minimum absolute atomic E-state index is 0.0226. The molecule has 2 saturated heterocycles. The number of carbonyl (C=O) groups is 1. The molecule has 5 atom stereocenters. The molecule has 2 bridgehead atoms. The highest BCUT2D eigenvalue weighted by Gasteiger charge is 2.53. The van der Waals surface area contributed by atoms with Crippen molar-refractivity contribution in [3.8, 4) is 0 Å². The summed E-state index contributed by atoms with van der Waals surface area (Å²) < 4.78 is 5.01. The van der Waals surface area contributed by atoms with Gasteiger partial charge in [0.2, 0.25) is 0 Å². The normalized spacial score (nSPS) is 34.7. The summed E-state index contributed by atoms with van der Waals surface area (Å²) in [7, 11) is 3.36. The number of aliphatic hydroxyl groups is 1. The van der Waals surface area contributed by atoms with Gasteiger partial charge in [-0.3, -0.25) is 9.69 Å². The third-order valence-electron chi connectivity index (χ3n) is 5.13. The van der Waals surface area contributed by atoms with Gasteiger partial charge in [-0.2, -0.15) is 0 Å². The smallest absolute Gasteiger partial charge is 0.310 e. The molecule has 0 amide bonds. The molecule has 2 aliphatic heterocycles. The second-order valence-corrected chi connectivity index (χ2v) is 6.99. The van der Waals surface area contributed by atoms with Crippen molar-refractivity contribution in [1.29, 1.82) is 0 Å². The lowest BCUT2D eigenvalue weighted by atomic mass is 9.76. The minimum atomic E-state index is -0.508. The zero-order valence-corrected chi connectivity index (χ0v) is 14.0. The number of nitrogens with zero attached hydrogens (tertiary/aromatic N) is 1. The molecule has 1 N–H and O–H groups in total. The SMILES string of the molecule is COC(=O)C1C(c2ccc(Cl)c(Cl)c2)CC2C[C@H](O)C1N2C. The van der Waals surface area contributed by atoms with Crippen LogP contribution in [0.1, 0.15) is 24.3 Å². The number of hydrogen-bond acceptors (Lipinski definition) is 4. The predicted molar refractivity (Wildman–Crippen MR) is 85.3 cm³/mol. The topological polar surface area (TPSA) is 49.8 Å². The van der Waals surface area contributed by atoms with Crippen molar-refractivity contribution in [3.05, 3.63) is 33.8 Å². The third-order valence-corrected chi connectivity index (χ3v) is 5.87. The molecule has 1 aromatic rings. The molecule has 0 radical (unpaired) electrons. The van der Waals surface area contributed by atoms with Crippen LogP contribution in [0.5, 0.6) is 0 Å². The van der Waals surface area contributed by atoms with E-state index >= 15 is 0 Å². The Morgan fingerprint density at radius 3 is 2.68 bits per heavy atom. The van der Waals surface area contributed by atoms with Gasteiger partial charge in [0, 0.05) is 18.0 Å². The summed E-state index contributed by atoms with van der Waals surface area (Å²) in [5.41, 5.74) is 0.974. The van der Waals surface area contributed by atoms with Crippen LogP contribution in [0.4, 0.5) is 0 Å². The van der Waals surface area contributed by atoms with Gasteiger partial charge in [0.05, 0.1) is 29.2 Å². The molecule has 0 aliphatic carbocycles. The summed E-state index contributed by atoms with van der Waals surface area (Å²) in [6.07, 6.45) is 0.973. The van der Waals surface area contributed by atoms with E-state index in [1.54, 1.807) is 6.07 Å². The Kier molecular flexibility index (Phi) is 4.38. The number of fused-ring (bicyclic) bond motifs is 2. The lowest BCUT2D eigenvalue weighted by Crippen LogP contribution is -2.51. The number of aliphatic hydroxyl groups excluding tert-OH is 1. The Morgan fingerprint density at radius 2 is 2.05 bits per heavy atom. The first-order chi connectivity index (χ1) is 10.4. The monoisotopic (exact) mass is 343 g/mol. The van der Waals surface area contributed by atoms with E-state index in [0.29, 0.717) is 16.5 Å². The van der Waals surface area contributed by atoms with Crippen LogP contribution in [-0.2, 0) is 9.53 Å². The maximum absolute atomic E-state index is 12.4. The standard InChI is InChI=1S/C16H19Cl2NO3/c1-19-9-6-10(8-3-4-11(17)12(18)5-8)14(16(21)22-2)15(19)13(20)7-9/h3-5,9-10,13-15,20H,6-7H2,1-2H3/t9?,10?,13-,14?,15?/m0/s1. The average Bonchev–Trinajstić information content (AvgIpc) is 2.68. The highest BCUT2D eigenvalue weighted by atomic mass is 35.5. The van der Waals surface area contributed by atoms with Crippen molar-refractivity contribution >= 4 is 29.2 Å². The summed E-state index contributed by atoms with van der Waals surface area (Å²) in [6.45, 7) is 0. The van der Waals surface area contributed by atoms with Gasteiger partial charge >= 0.3 is 5.97 Å². The Bertz CT molecular complexity index is 595. The van der Waals surface area contributed by atoms with Crippen LogP contribution in [0, 0.1) is 5.92 Å². The maximum Gasteiger partial charge on any atom is 0.310 e. The quantitative estimate of drug-likeness (QED) is 0.838. The van der Waals surface area contributed by atoms with Crippen molar-refractivity contribution in [3.63, 3.8) is 0 Å².